The molecule has 1 unspecified atom stereocenters. The van der Waals surface area contributed by atoms with E-state index >= 15 is 0 Å². The molecule has 28 heavy (non-hydrogen) atoms. The number of carbonyl (C=O) groups excluding carboxylic acids is 1. The molecule has 160 valence electrons. The molecule has 6 nitrogen and oxygen atoms in total. The van der Waals surface area contributed by atoms with Crippen LogP contribution in [-0.2, 0) is 11.3 Å². The third-order valence-electron chi connectivity index (χ3n) is 4.47. The molecule has 1 aliphatic rings. The Morgan fingerprint density at radius 3 is 2.71 bits per heavy atom. The van der Waals surface area contributed by atoms with Gasteiger partial charge in [-0.3, -0.25) is 4.99 Å². The van der Waals surface area contributed by atoms with Crippen LogP contribution in [0.15, 0.2) is 17.1 Å². The number of halogens is 1. The number of nitrogens with one attached hydrogen (secondary N) is 2. The number of thiophene rings is 1. The highest BCUT2D eigenvalue weighted by atomic mass is 127. The van der Waals surface area contributed by atoms with E-state index in [1.165, 1.54) is 9.75 Å². The molecule has 0 spiro atoms. The average Bonchev–Trinajstić information content (AvgIpc) is 3.02. The van der Waals surface area contributed by atoms with Crippen molar-refractivity contribution in [3.05, 3.63) is 21.9 Å². The smallest absolute Gasteiger partial charge is 0.410 e. The Balaban J connectivity index is 0.00000392. The summed E-state index contributed by atoms with van der Waals surface area (Å²) in [5, 5.41) is 6.74. The van der Waals surface area contributed by atoms with E-state index in [4.69, 9.17) is 4.74 Å². The number of hydrogen-bond donors (Lipinski definition) is 2. The largest absolute Gasteiger partial charge is 0.444 e. The van der Waals surface area contributed by atoms with Gasteiger partial charge in [0.1, 0.15) is 5.60 Å². The number of nitrogens with zero attached hydrogens (tertiary/aromatic N) is 2. The number of likely N-dealkylation sites (tertiary alicyclic amines) is 1. The number of hydrogen-bond acceptors (Lipinski definition) is 4. The number of aliphatic imine (C=N–C) groups is 1. The summed E-state index contributed by atoms with van der Waals surface area (Å²) in [6.07, 6.45) is 3.01. The molecular weight excluding hydrogens is 487 g/mol. The summed E-state index contributed by atoms with van der Waals surface area (Å²) in [6.45, 7) is 11.0. The van der Waals surface area contributed by atoms with Crippen molar-refractivity contribution < 1.29 is 9.53 Å². The lowest BCUT2D eigenvalue weighted by Gasteiger charge is -2.34. The van der Waals surface area contributed by atoms with Crippen molar-refractivity contribution in [1.29, 1.82) is 0 Å². The third kappa shape index (κ3) is 8.98. The molecule has 0 bridgehead atoms. The van der Waals surface area contributed by atoms with E-state index in [2.05, 4.69) is 34.7 Å². The number of aryl methyl sites for hydroxylation is 1. The van der Waals surface area contributed by atoms with Gasteiger partial charge in [-0.25, -0.2) is 4.79 Å². The Morgan fingerprint density at radius 2 is 2.11 bits per heavy atom. The first kappa shape index (κ1) is 25.0. The summed E-state index contributed by atoms with van der Waals surface area (Å²) in [5.41, 5.74) is -0.440. The van der Waals surface area contributed by atoms with Crippen LogP contribution in [0.25, 0.3) is 0 Å². The maximum Gasteiger partial charge on any atom is 0.410 e. The SMILES string of the molecule is CN=C(NCCC1CCCN(C(=O)OC(C)(C)C)C1)NCc1ccc(C)s1.I. The van der Waals surface area contributed by atoms with Crippen molar-refractivity contribution in [2.24, 2.45) is 10.9 Å². The molecule has 1 fully saturated rings. The van der Waals surface area contributed by atoms with Gasteiger partial charge in [0, 0.05) is 36.4 Å². The van der Waals surface area contributed by atoms with Crippen LogP contribution in [0, 0.1) is 12.8 Å². The zero-order valence-corrected chi connectivity index (χ0v) is 20.9. The fraction of sp³-hybridized carbons (Fsp3) is 0.700. The van der Waals surface area contributed by atoms with Crippen LogP contribution in [0.3, 0.4) is 0 Å². The van der Waals surface area contributed by atoms with E-state index in [-0.39, 0.29) is 30.1 Å². The van der Waals surface area contributed by atoms with E-state index in [9.17, 15) is 4.79 Å². The first-order valence-electron chi connectivity index (χ1n) is 9.74. The first-order valence-corrected chi connectivity index (χ1v) is 10.6. The Labute approximate surface area is 190 Å². The molecule has 1 aliphatic heterocycles. The molecule has 0 aromatic carbocycles. The molecule has 0 aliphatic carbocycles. The van der Waals surface area contributed by atoms with Crippen molar-refractivity contribution in [2.75, 3.05) is 26.7 Å². The Hall–Kier alpha value is -1.03. The molecule has 2 N–H and O–H groups in total. The van der Waals surface area contributed by atoms with Crippen LogP contribution < -0.4 is 10.6 Å². The van der Waals surface area contributed by atoms with Crippen LogP contribution in [0.2, 0.25) is 0 Å². The molecule has 8 heteroatoms. The molecule has 2 rings (SSSR count). The van der Waals surface area contributed by atoms with Crippen molar-refractivity contribution >= 4 is 47.4 Å². The van der Waals surface area contributed by atoms with E-state index < -0.39 is 5.60 Å². The summed E-state index contributed by atoms with van der Waals surface area (Å²) in [6, 6.07) is 4.28. The maximum absolute atomic E-state index is 12.3. The van der Waals surface area contributed by atoms with Gasteiger partial charge >= 0.3 is 6.09 Å². The lowest BCUT2D eigenvalue weighted by Crippen LogP contribution is -2.44. The van der Waals surface area contributed by atoms with Gasteiger partial charge < -0.3 is 20.3 Å². The third-order valence-corrected chi connectivity index (χ3v) is 5.47. The van der Waals surface area contributed by atoms with Crippen molar-refractivity contribution in [1.82, 2.24) is 15.5 Å². The Kier molecular flexibility index (Phi) is 10.6. The second-order valence-corrected chi connectivity index (χ2v) is 9.46. The van der Waals surface area contributed by atoms with E-state index in [0.717, 1.165) is 51.4 Å². The monoisotopic (exact) mass is 522 g/mol. The summed E-state index contributed by atoms with van der Waals surface area (Å²) in [5.74, 6) is 1.32. The quantitative estimate of drug-likeness (QED) is 0.343. The molecular formula is C20H35IN4O2S. The normalized spacial score (nSPS) is 17.7. The first-order chi connectivity index (χ1) is 12.8. The predicted molar refractivity (Wildman–Crippen MR) is 128 cm³/mol. The highest BCUT2D eigenvalue weighted by Crippen LogP contribution is 2.21. The molecule has 2 heterocycles. The lowest BCUT2D eigenvalue weighted by molar-refractivity contribution is 0.0162. The number of ether oxygens (including phenoxy) is 1. The Bertz CT molecular complexity index is 642. The van der Waals surface area contributed by atoms with Gasteiger partial charge in [0.15, 0.2) is 5.96 Å². The van der Waals surface area contributed by atoms with Crippen LogP contribution >= 0.6 is 35.3 Å². The molecule has 1 amide bonds. The highest BCUT2D eigenvalue weighted by Gasteiger charge is 2.27. The molecule has 0 radical (unpaired) electrons. The van der Waals surface area contributed by atoms with Crippen LogP contribution in [0.1, 0.15) is 49.8 Å². The maximum atomic E-state index is 12.3. The van der Waals surface area contributed by atoms with E-state index in [1.807, 2.05) is 25.7 Å². The van der Waals surface area contributed by atoms with Crippen LogP contribution in [-0.4, -0.2) is 49.2 Å². The zero-order chi connectivity index (χ0) is 19.9. The van der Waals surface area contributed by atoms with Crippen molar-refractivity contribution in [3.8, 4) is 0 Å². The van der Waals surface area contributed by atoms with Crippen molar-refractivity contribution in [2.45, 2.75) is 59.1 Å². The minimum absolute atomic E-state index is 0. The topological polar surface area (TPSA) is 66.0 Å². The van der Waals surface area contributed by atoms with Gasteiger partial charge in [-0.1, -0.05) is 0 Å². The molecule has 0 saturated carbocycles. The van der Waals surface area contributed by atoms with Gasteiger partial charge in [-0.05, 0) is 65.0 Å². The number of guanidine groups is 1. The number of rotatable bonds is 5. The summed E-state index contributed by atoms with van der Waals surface area (Å²) >= 11 is 1.80. The van der Waals surface area contributed by atoms with Gasteiger partial charge in [-0.15, -0.1) is 35.3 Å². The Morgan fingerprint density at radius 1 is 1.36 bits per heavy atom. The highest BCUT2D eigenvalue weighted by molar-refractivity contribution is 14.0. The molecule has 1 saturated heterocycles. The summed E-state index contributed by atoms with van der Waals surface area (Å²) < 4.78 is 5.50. The van der Waals surface area contributed by atoms with Gasteiger partial charge in [-0.2, -0.15) is 0 Å². The van der Waals surface area contributed by atoms with Gasteiger partial charge in [0.2, 0.25) is 0 Å². The van der Waals surface area contributed by atoms with Crippen LogP contribution in [0.4, 0.5) is 4.79 Å². The average molecular weight is 522 g/mol. The van der Waals surface area contributed by atoms with Gasteiger partial charge in [0.05, 0.1) is 6.54 Å². The summed E-state index contributed by atoms with van der Waals surface area (Å²) in [4.78, 5) is 21.0. The number of carbonyl (C=O) groups is 1. The van der Waals surface area contributed by atoms with E-state index in [0.29, 0.717) is 5.92 Å². The lowest BCUT2D eigenvalue weighted by atomic mass is 9.95. The minimum atomic E-state index is -0.440. The second kappa shape index (κ2) is 11.8. The fourth-order valence-electron chi connectivity index (χ4n) is 3.16. The molecule has 1 aromatic rings. The molecule has 1 aromatic heterocycles. The van der Waals surface area contributed by atoms with Crippen LogP contribution in [0.5, 0.6) is 0 Å². The minimum Gasteiger partial charge on any atom is -0.444 e. The van der Waals surface area contributed by atoms with Crippen molar-refractivity contribution in [3.63, 3.8) is 0 Å². The fourth-order valence-corrected chi connectivity index (χ4v) is 3.99. The van der Waals surface area contributed by atoms with E-state index in [1.54, 1.807) is 18.4 Å². The van der Waals surface area contributed by atoms with Gasteiger partial charge in [0.25, 0.3) is 0 Å². The standard InChI is InChI=1S/C20H34N4O2S.HI/c1-15-8-9-17(27-15)13-23-18(21-5)22-11-10-16-7-6-12-24(14-16)19(25)26-20(2,3)4;/h8-9,16H,6-7,10-14H2,1-5H3,(H2,21,22,23);1H. The predicted octanol–water partition coefficient (Wildman–Crippen LogP) is 4.38. The second-order valence-electron chi connectivity index (χ2n) is 8.09. The summed E-state index contributed by atoms with van der Waals surface area (Å²) in [7, 11) is 1.79. The zero-order valence-electron chi connectivity index (χ0n) is 17.7. The number of piperidine rings is 1. The number of amides is 1. The molecule has 1 atom stereocenters.